The number of carboxylic acid groups (broad SMARTS) is 1. The van der Waals surface area contributed by atoms with Crippen LogP contribution in [-0.2, 0) is 0 Å². The summed E-state index contributed by atoms with van der Waals surface area (Å²) in [6, 6.07) is 5.06. The van der Waals surface area contributed by atoms with E-state index in [4.69, 9.17) is 10.8 Å². The monoisotopic (exact) mass is 237 g/mol. The SMILES string of the molecule is CN(C)CCN(C)c1cccc(C(=O)O)c1N. The van der Waals surface area contributed by atoms with E-state index in [-0.39, 0.29) is 5.56 Å². The van der Waals surface area contributed by atoms with Gasteiger partial charge < -0.3 is 20.6 Å². The minimum atomic E-state index is -0.995. The largest absolute Gasteiger partial charge is 0.478 e. The molecule has 0 aromatic heterocycles. The molecule has 0 bridgehead atoms. The molecule has 0 atom stereocenters. The van der Waals surface area contributed by atoms with E-state index in [1.807, 2.05) is 32.1 Å². The lowest BCUT2D eigenvalue weighted by molar-refractivity contribution is 0.0698. The Morgan fingerprint density at radius 3 is 2.47 bits per heavy atom. The first kappa shape index (κ1) is 13.3. The van der Waals surface area contributed by atoms with Crippen molar-refractivity contribution in [3.63, 3.8) is 0 Å². The lowest BCUT2D eigenvalue weighted by atomic mass is 10.1. The van der Waals surface area contributed by atoms with E-state index >= 15 is 0 Å². The molecule has 0 amide bonds. The first-order chi connectivity index (χ1) is 7.93. The molecule has 5 heteroatoms. The van der Waals surface area contributed by atoms with Gasteiger partial charge in [0, 0.05) is 20.1 Å². The second kappa shape index (κ2) is 5.54. The number of benzene rings is 1. The molecule has 3 N–H and O–H groups in total. The smallest absolute Gasteiger partial charge is 0.337 e. The fraction of sp³-hybridized carbons (Fsp3) is 0.417. The maximum Gasteiger partial charge on any atom is 0.337 e. The van der Waals surface area contributed by atoms with Gasteiger partial charge in [-0.2, -0.15) is 0 Å². The number of likely N-dealkylation sites (N-methyl/N-ethyl adjacent to an activating group) is 2. The topological polar surface area (TPSA) is 69.8 Å². The van der Waals surface area contributed by atoms with Crippen molar-refractivity contribution in [3.05, 3.63) is 23.8 Å². The van der Waals surface area contributed by atoms with Gasteiger partial charge in [-0.25, -0.2) is 4.79 Å². The van der Waals surface area contributed by atoms with Gasteiger partial charge in [-0.05, 0) is 26.2 Å². The Labute approximate surface area is 101 Å². The Hall–Kier alpha value is -1.75. The summed E-state index contributed by atoms with van der Waals surface area (Å²) in [6.07, 6.45) is 0. The highest BCUT2D eigenvalue weighted by atomic mass is 16.4. The van der Waals surface area contributed by atoms with Crippen LogP contribution in [0.15, 0.2) is 18.2 Å². The highest BCUT2D eigenvalue weighted by Gasteiger charge is 2.13. The van der Waals surface area contributed by atoms with E-state index < -0.39 is 5.97 Å². The molecule has 0 unspecified atom stereocenters. The first-order valence-electron chi connectivity index (χ1n) is 5.41. The number of hydrogen-bond acceptors (Lipinski definition) is 4. The molecule has 0 aliphatic heterocycles. The Morgan fingerprint density at radius 2 is 1.94 bits per heavy atom. The highest BCUT2D eigenvalue weighted by Crippen LogP contribution is 2.25. The number of nitrogens with two attached hydrogens (primary N) is 1. The van der Waals surface area contributed by atoms with Crippen molar-refractivity contribution >= 4 is 17.3 Å². The van der Waals surface area contributed by atoms with Crippen LogP contribution < -0.4 is 10.6 Å². The second-order valence-electron chi connectivity index (χ2n) is 4.27. The molecule has 1 rings (SSSR count). The molecule has 1 aromatic carbocycles. The Morgan fingerprint density at radius 1 is 1.29 bits per heavy atom. The predicted molar refractivity (Wildman–Crippen MR) is 69.6 cm³/mol. The van der Waals surface area contributed by atoms with Gasteiger partial charge in [-0.3, -0.25) is 0 Å². The molecule has 0 fully saturated rings. The van der Waals surface area contributed by atoms with E-state index in [9.17, 15) is 4.79 Å². The third kappa shape index (κ3) is 3.35. The van der Waals surface area contributed by atoms with E-state index in [1.165, 1.54) is 6.07 Å². The van der Waals surface area contributed by atoms with Crippen LogP contribution in [-0.4, -0.2) is 50.2 Å². The third-order valence-corrected chi connectivity index (χ3v) is 2.61. The minimum absolute atomic E-state index is 0.152. The average molecular weight is 237 g/mol. The molecule has 17 heavy (non-hydrogen) atoms. The summed E-state index contributed by atoms with van der Waals surface area (Å²) in [5, 5.41) is 8.98. The van der Waals surface area contributed by atoms with Crippen molar-refractivity contribution in [3.8, 4) is 0 Å². The zero-order valence-electron chi connectivity index (χ0n) is 10.5. The number of carbonyl (C=O) groups is 1. The van der Waals surface area contributed by atoms with Crippen LogP contribution >= 0.6 is 0 Å². The summed E-state index contributed by atoms with van der Waals surface area (Å²) in [5.41, 5.74) is 7.08. The van der Waals surface area contributed by atoms with Crippen molar-refractivity contribution in [2.45, 2.75) is 0 Å². The fourth-order valence-electron chi connectivity index (χ4n) is 1.54. The fourth-order valence-corrected chi connectivity index (χ4v) is 1.54. The Kier molecular flexibility index (Phi) is 4.34. The number of nitrogens with zero attached hydrogens (tertiary/aromatic N) is 2. The van der Waals surface area contributed by atoms with Crippen molar-refractivity contribution in [1.82, 2.24) is 4.90 Å². The maximum atomic E-state index is 11.0. The number of rotatable bonds is 5. The van der Waals surface area contributed by atoms with E-state index in [2.05, 4.69) is 4.90 Å². The lowest BCUT2D eigenvalue weighted by Crippen LogP contribution is -2.29. The molecular formula is C12H19N3O2. The number of aromatic carboxylic acids is 1. The summed E-state index contributed by atoms with van der Waals surface area (Å²) in [6.45, 7) is 1.67. The van der Waals surface area contributed by atoms with Crippen LogP contribution in [0.1, 0.15) is 10.4 Å². The van der Waals surface area contributed by atoms with E-state index in [0.29, 0.717) is 5.69 Å². The highest BCUT2D eigenvalue weighted by molar-refractivity contribution is 5.97. The van der Waals surface area contributed by atoms with E-state index in [1.54, 1.807) is 6.07 Å². The van der Waals surface area contributed by atoms with Crippen LogP contribution in [0.2, 0.25) is 0 Å². The van der Waals surface area contributed by atoms with Crippen LogP contribution in [0.4, 0.5) is 11.4 Å². The molecule has 5 nitrogen and oxygen atoms in total. The van der Waals surface area contributed by atoms with Gasteiger partial charge in [0.15, 0.2) is 0 Å². The molecule has 0 saturated heterocycles. The van der Waals surface area contributed by atoms with Gasteiger partial charge in [0.25, 0.3) is 0 Å². The maximum absolute atomic E-state index is 11.0. The molecular weight excluding hydrogens is 218 g/mol. The van der Waals surface area contributed by atoms with Gasteiger partial charge in [0.05, 0.1) is 16.9 Å². The summed E-state index contributed by atoms with van der Waals surface area (Å²) in [4.78, 5) is 15.0. The summed E-state index contributed by atoms with van der Waals surface area (Å²) in [5.74, 6) is -0.995. The molecule has 0 aliphatic rings. The third-order valence-electron chi connectivity index (χ3n) is 2.61. The summed E-state index contributed by atoms with van der Waals surface area (Å²) >= 11 is 0. The van der Waals surface area contributed by atoms with Crippen molar-refractivity contribution < 1.29 is 9.90 Å². The van der Waals surface area contributed by atoms with Crippen molar-refractivity contribution in [2.24, 2.45) is 0 Å². The molecule has 0 heterocycles. The standard InChI is InChI=1S/C12H19N3O2/c1-14(2)7-8-15(3)10-6-4-5-9(11(10)13)12(16)17/h4-6H,7-8,13H2,1-3H3,(H,16,17). The minimum Gasteiger partial charge on any atom is -0.478 e. The molecule has 0 spiro atoms. The number of anilines is 2. The zero-order chi connectivity index (χ0) is 13.0. The second-order valence-corrected chi connectivity index (χ2v) is 4.27. The first-order valence-corrected chi connectivity index (χ1v) is 5.41. The van der Waals surface area contributed by atoms with Crippen LogP contribution in [0.5, 0.6) is 0 Å². The summed E-state index contributed by atoms with van der Waals surface area (Å²) in [7, 11) is 5.89. The zero-order valence-corrected chi connectivity index (χ0v) is 10.5. The number of nitrogen functional groups attached to an aromatic ring is 1. The molecule has 94 valence electrons. The summed E-state index contributed by atoms with van der Waals surface area (Å²) < 4.78 is 0. The number of para-hydroxylation sites is 1. The van der Waals surface area contributed by atoms with Crippen molar-refractivity contribution in [2.75, 3.05) is 44.9 Å². The molecule has 0 radical (unpaired) electrons. The van der Waals surface area contributed by atoms with Crippen LogP contribution in [0, 0.1) is 0 Å². The Balaban J connectivity index is 2.90. The average Bonchev–Trinajstić information content (AvgIpc) is 2.25. The normalized spacial score (nSPS) is 10.6. The van der Waals surface area contributed by atoms with Gasteiger partial charge in [0.1, 0.15) is 0 Å². The predicted octanol–water partition coefficient (Wildman–Crippen LogP) is 0.965. The number of carboxylic acids is 1. The van der Waals surface area contributed by atoms with Crippen molar-refractivity contribution in [1.29, 1.82) is 0 Å². The number of hydrogen-bond donors (Lipinski definition) is 2. The van der Waals surface area contributed by atoms with Crippen LogP contribution in [0.25, 0.3) is 0 Å². The lowest BCUT2D eigenvalue weighted by Gasteiger charge is -2.23. The molecule has 0 aliphatic carbocycles. The Bertz CT molecular complexity index is 405. The van der Waals surface area contributed by atoms with Crippen LogP contribution in [0.3, 0.4) is 0 Å². The molecule has 0 saturated carbocycles. The van der Waals surface area contributed by atoms with Gasteiger partial charge in [0.2, 0.25) is 0 Å². The molecule has 1 aromatic rings. The van der Waals surface area contributed by atoms with Gasteiger partial charge in [-0.1, -0.05) is 6.07 Å². The van der Waals surface area contributed by atoms with Gasteiger partial charge in [-0.15, -0.1) is 0 Å². The quantitative estimate of drug-likeness (QED) is 0.747. The van der Waals surface area contributed by atoms with Gasteiger partial charge >= 0.3 is 5.97 Å². The van der Waals surface area contributed by atoms with E-state index in [0.717, 1.165) is 18.8 Å².